The summed E-state index contributed by atoms with van der Waals surface area (Å²) in [6.45, 7) is 0. The number of methoxy groups -OCH3 is 1. The van der Waals surface area contributed by atoms with Crippen LogP contribution < -0.4 is 5.32 Å². The number of benzene rings is 1. The van der Waals surface area contributed by atoms with Crippen molar-refractivity contribution in [1.82, 2.24) is 15.3 Å². The molecule has 0 saturated carbocycles. The molecule has 24 heavy (non-hydrogen) atoms. The number of aromatic amines is 1. The molecule has 0 aliphatic carbocycles. The third-order valence-corrected chi connectivity index (χ3v) is 3.81. The highest BCUT2D eigenvalue weighted by atomic mass is 35.5. The van der Waals surface area contributed by atoms with Crippen molar-refractivity contribution in [2.24, 2.45) is 0 Å². The number of amides is 1. The summed E-state index contributed by atoms with van der Waals surface area (Å²) in [5, 5.41) is 2.94. The molecular formula is C16H13Cl2N3O3. The minimum Gasteiger partial charge on any atom is -0.467 e. The highest BCUT2D eigenvalue weighted by Gasteiger charge is 2.24. The minimum absolute atomic E-state index is 0.179. The van der Waals surface area contributed by atoms with Gasteiger partial charge in [0.1, 0.15) is 6.04 Å². The van der Waals surface area contributed by atoms with Crippen LogP contribution in [-0.2, 0) is 16.0 Å². The smallest absolute Gasteiger partial charge is 0.328 e. The Morgan fingerprint density at radius 1 is 1.42 bits per heavy atom. The van der Waals surface area contributed by atoms with Crippen molar-refractivity contribution in [1.29, 1.82) is 0 Å². The molecule has 0 bridgehead atoms. The van der Waals surface area contributed by atoms with Crippen molar-refractivity contribution >= 4 is 35.1 Å². The van der Waals surface area contributed by atoms with E-state index in [1.54, 1.807) is 6.20 Å². The molecule has 1 atom stereocenters. The number of hydrogen-bond donors (Lipinski definition) is 2. The Kier molecular flexibility index (Phi) is 5.85. The van der Waals surface area contributed by atoms with E-state index in [0.29, 0.717) is 11.3 Å². The Morgan fingerprint density at radius 2 is 2.08 bits per heavy atom. The second-order valence-corrected chi connectivity index (χ2v) is 5.60. The molecule has 0 aliphatic heterocycles. The summed E-state index contributed by atoms with van der Waals surface area (Å²) in [6, 6.07) is 1.89. The van der Waals surface area contributed by atoms with Crippen LogP contribution in [-0.4, -0.2) is 35.0 Å². The van der Waals surface area contributed by atoms with Gasteiger partial charge in [-0.1, -0.05) is 29.1 Å². The number of nitrogens with zero attached hydrogens (tertiary/aromatic N) is 1. The Balaban J connectivity index is 2.21. The van der Waals surface area contributed by atoms with Crippen LogP contribution in [0.2, 0.25) is 10.0 Å². The molecule has 8 heteroatoms. The van der Waals surface area contributed by atoms with Crippen LogP contribution in [0, 0.1) is 12.3 Å². The molecule has 2 N–H and O–H groups in total. The van der Waals surface area contributed by atoms with Crippen LogP contribution in [0.4, 0.5) is 0 Å². The first-order chi connectivity index (χ1) is 11.5. The van der Waals surface area contributed by atoms with Gasteiger partial charge in [-0.15, -0.1) is 6.42 Å². The molecule has 6 nitrogen and oxygen atoms in total. The summed E-state index contributed by atoms with van der Waals surface area (Å²) < 4.78 is 4.72. The number of ether oxygens (including phenoxy) is 1. The molecule has 0 spiro atoms. The Bertz CT molecular complexity index is 774. The lowest BCUT2D eigenvalue weighted by Crippen LogP contribution is -2.43. The monoisotopic (exact) mass is 365 g/mol. The number of esters is 1. The van der Waals surface area contributed by atoms with Crippen LogP contribution in [0.5, 0.6) is 0 Å². The second-order valence-electron chi connectivity index (χ2n) is 4.79. The molecule has 0 unspecified atom stereocenters. The molecule has 1 amide bonds. The lowest BCUT2D eigenvalue weighted by Gasteiger charge is -2.16. The normalized spacial score (nSPS) is 11.4. The second kappa shape index (κ2) is 7.86. The molecule has 2 aromatic rings. The molecule has 1 heterocycles. The van der Waals surface area contributed by atoms with E-state index in [9.17, 15) is 9.59 Å². The van der Waals surface area contributed by atoms with Gasteiger partial charge in [0.2, 0.25) is 0 Å². The van der Waals surface area contributed by atoms with Crippen molar-refractivity contribution in [3.8, 4) is 12.3 Å². The Labute approximate surface area is 148 Å². The number of hydrogen-bond acceptors (Lipinski definition) is 4. The molecule has 0 saturated heterocycles. The molecular weight excluding hydrogens is 353 g/mol. The van der Waals surface area contributed by atoms with E-state index in [1.807, 2.05) is 0 Å². The van der Waals surface area contributed by atoms with E-state index in [0.717, 1.165) is 0 Å². The molecule has 0 aliphatic rings. The number of carbonyl (C=O) groups is 2. The summed E-state index contributed by atoms with van der Waals surface area (Å²) in [5.74, 6) is 1.23. The largest absolute Gasteiger partial charge is 0.467 e. The van der Waals surface area contributed by atoms with Crippen LogP contribution in [0.3, 0.4) is 0 Å². The van der Waals surface area contributed by atoms with Crippen molar-refractivity contribution < 1.29 is 14.3 Å². The lowest BCUT2D eigenvalue weighted by atomic mass is 10.1. The maximum absolute atomic E-state index is 12.4. The highest BCUT2D eigenvalue weighted by Crippen LogP contribution is 2.25. The molecule has 124 valence electrons. The van der Waals surface area contributed by atoms with Gasteiger partial charge in [-0.05, 0) is 12.1 Å². The number of imidazole rings is 1. The zero-order valence-corrected chi connectivity index (χ0v) is 14.1. The van der Waals surface area contributed by atoms with Crippen LogP contribution >= 0.6 is 23.2 Å². The molecule has 0 radical (unpaired) electrons. The summed E-state index contributed by atoms with van der Waals surface area (Å²) in [4.78, 5) is 31.0. The van der Waals surface area contributed by atoms with Crippen LogP contribution in [0.25, 0.3) is 0 Å². The summed E-state index contributed by atoms with van der Waals surface area (Å²) in [6.07, 6.45) is 8.53. The van der Waals surface area contributed by atoms with E-state index in [2.05, 4.69) is 21.2 Å². The first kappa shape index (κ1) is 17.9. The summed E-state index contributed by atoms with van der Waals surface area (Å²) in [5.41, 5.74) is 1.16. The number of carbonyl (C=O) groups excluding carboxylic acids is 2. The van der Waals surface area contributed by atoms with Gasteiger partial charge in [0.25, 0.3) is 5.91 Å². The topological polar surface area (TPSA) is 84.1 Å². The number of terminal acetylenes is 1. The van der Waals surface area contributed by atoms with Gasteiger partial charge in [-0.3, -0.25) is 4.79 Å². The third-order valence-electron chi connectivity index (χ3n) is 3.22. The predicted molar refractivity (Wildman–Crippen MR) is 90.0 cm³/mol. The van der Waals surface area contributed by atoms with Gasteiger partial charge in [0.15, 0.2) is 0 Å². The fourth-order valence-corrected chi connectivity index (χ4v) is 2.63. The van der Waals surface area contributed by atoms with Crippen molar-refractivity contribution in [2.45, 2.75) is 12.5 Å². The van der Waals surface area contributed by atoms with Crippen LogP contribution in [0.15, 0.2) is 24.7 Å². The zero-order chi connectivity index (χ0) is 17.7. The summed E-state index contributed by atoms with van der Waals surface area (Å²) >= 11 is 12.0. The number of aromatic nitrogens is 2. The van der Waals surface area contributed by atoms with E-state index in [-0.39, 0.29) is 22.0 Å². The first-order valence-corrected chi connectivity index (χ1v) is 7.53. The third kappa shape index (κ3) is 4.07. The van der Waals surface area contributed by atoms with Gasteiger partial charge in [-0.25, -0.2) is 9.78 Å². The van der Waals surface area contributed by atoms with Gasteiger partial charge < -0.3 is 15.0 Å². The standard InChI is InChI=1S/C16H13Cl2N3O3/c1-3-11-12(17)4-9(5-13(11)18)15(22)21-14(16(23)24-2)6-10-7-19-8-20-10/h1,4-5,7-8,14H,6H2,2H3,(H,19,20)(H,21,22)/t14-/m1/s1. The van der Waals surface area contributed by atoms with Crippen molar-refractivity contribution in [3.63, 3.8) is 0 Å². The quantitative estimate of drug-likeness (QED) is 0.628. The van der Waals surface area contributed by atoms with Gasteiger partial charge in [0.05, 0.1) is 29.0 Å². The minimum atomic E-state index is -0.896. The van der Waals surface area contributed by atoms with Crippen molar-refractivity contribution in [2.75, 3.05) is 7.11 Å². The number of rotatable bonds is 5. The molecule has 2 rings (SSSR count). The predicted octanol–water partition coefficient (Wildman–Crippen LogP) is 2.21. The maximum Gasteiger partial charge on any atom is 0.328 e. The average Bonchev–Trinajstić information content (AvgIpc) is 3.06. The number of halogens is 2. The first-order valence-electron chi connectivity index (χ1n) is 6.77. The average molecular weight is 366 g/mol. The molecule has 1 aromatic carbocycles. The fourth-order valence-electron chi connectivity index (χ4n) is 2.04. The zero-order valence-electron chi connectivity index (χ0n) is 12.6. The van der Waals surface area contributed by atoms with Gasteiger partial charge in [-0.2, -0.15) is 0 Å². The van der Waals surface area contributed by atoms with E-state index in [4.69, 9.17) is 34.4 Å². The van der Waals surface area contributed by atoms with E-state index in [1.165, 1.54) is 25.6 Å². The van der Waals surface area contributed by atoms with E-state index < -0.39 is 17.9 Å². The number of nitrogens with one attached hydrogen (secondary N) is 2. The van der Waals surface area contributed by atoms with Crippen LogP contribution in [0.1, 0.15) is 21.6 Å². The molecule has 1 aromatic heterocycles. The summed E-state index contributed by atoms with van der Waals surface area (Å²) in [7, 11) is 1.24. The Hall–Kier alpha value is -2.49. The fraction of sp³-hybridized carbons (Fsp3) is 0.188. The Morgan fingerprint density at radius 3 is 2.58 bits per heavy atom. The van der Waals surface area contributed by atoms with E-state index >= 15 is 0 Å². The molecule has 0 fully saturated rings. The SMILES string of the molecule is C#Cc1c(Cl)cc(C(=O)N[C@H](Cc2cnc[nH]2)C(=O)OC)cc1Cl. The van der Waals surface area contributed by atoms with Gasteiger partial charge in [0, 0.05) is 23.9 Å². The highest BCUT2D eigenvalue weighted by molar-refractivity contribution is 6.37. The maximum atomic E-state index is 12.4. The lowest BCUT2D eigenvalue weighted by molar-refractivity contribution is -0.142. The van der Waals surface area contributed by atoms with Crippen molar-refractivity contribution in [3.05, 3.63) is 51.5 Å². The van der Waals surface area contributed by atoms with Gasteiger partial charge >= 0.3 is 5.97 Å². The number of H-pyrrole nitrogens is 1.